The van der Waals surface area contributed by atoms with Gasteiger partial charge >= 0.3 is 12.1 Å². The van der Waals surface area contributed by atoms with Crippen LogP contribution in [0, 0.1) is 0 Å². The lowest BCUT2D eigenvalue weighted by atomic mass is 9.96. The number of amides is 1. The molecule has 5 nitrogen and oxygen atoms in total. The molecule has 0 saturated carbocycles. The van der Waals surface area contributed by atoms with Crippen molar-refractivity contribution in [1.29, 1.82) is 0 Å². The van der Waals surface area contributed by atoms with Gasteiger partial charge in [-0.1, -0.05) is 12.1 Å². The van der Waals surface area contributed by atoms with E-state index < -0.39 is 34.7 Å². The van der Waals surface area contributed by atoms with Crippen molar-refractivity contribution in [3.63, 3.8) is 0 Å². The Hall–Kier alpha value is -2.09. The van der Waals surface area contributed by atoms with Crippen LogP contribution in [0.2, 0.25) is 0 Å². The maximum Gasteiger partial charge on any atom is 0.417 e. The molecule has 126 valence electrons. The number of carbonyl (C=O) groups excluding carboxylic acids is 1. The number of nitrogens with zero attached hydrogens (tertiary/aromatic N) is 1. The molecule has 1 atom stereocenters. The minimum atomic E-state index is -4.70. The normalized spacial score (nSPS) is 21.5. The molecule has 23 heavy (non-hydrogen) atoms. The topological polar surface area (TPSA) is 66.8 Å². The van der Waals surface area contributed by atoms with Crippen LogP contribution in [0.3, 0.4) is 0 Å². The molecule has 0 aromatic heterocycles. The number of halogens is 3. The van der Waals surface area contributed by atoms with E-state index >= 15 is 0 Å². The minimum Gasteiger partial charge on any atom is -0.479 e. The molecule has 1 fully saturated rings. The third-order valence-corrected chi connectivity index (χ3v) is 3.98. The first-order valence-corrected chi connectivity index (χ1v) is 6.94. The quantitative estimate of drug-likeness (QED) is 0.920. The van der Waals surface area contributed by atoms with Crippen molar-refractivity contribution in [1.82, 2.24) is 4.90 Å². The van der Waals surface area contributed by atoms with Gasteiger partial charge in [0.1, 0.15) is 0 Å². The number of carboxylic acids is 1. The van der Waals surface area contributed by atoms with Crippen molar-refractivity contribution in [2.24, 2.45) is 0 Å². The van der Waals surface area contributed by atoms with E-state index in [1.807, 2.05) is 0 Å². The second kappa shape index (κ2) is 6.19. The Morgan fingerprint density at radius 1 is 1.35 bits per heavy atom. The van der Waals surface area contributed by atoms with Crippen molar-refractivity contribution in [3.8, 4) is 0 Å². The summed E-state index contributed by atoms with van der Waals surface area (Å²) in [5, 5.41) is 9.49. The largest absolute Gasteiger partial charge is 0.479 e. The Morgan fingerprint density at radius 3 is 2.57 bits per heavy atom. The number of rotatable bonds is 4. The van der Waals surface area contributed by atoms with E-state index in [-0.39, 0.29) is 19.6 Å². The van der Waals surface area contributed by atoms with E-state index in [0.29, 0.717) is 6.42 Å². The first-order valence-electron chi connectivity index (χ1n) is 6.94. The zero-order chi connectivity index (χ0) is 17.3. The third kappa shape index (κ3) is 3.03. The number of aliphatic carboxylic acids is 1. The zero-order valence-electron chi connectivity index (χ0n) is 12.4. The molecular weight excluding hydrogens is 315 g/mol. The molecule has 1 aliphatic heterocycles. The number of ether oxygens (including phenoxy) is 1. The monoisotopic (exact) mass is 331 g/mol. The standard InChI is InChI=1S/C15H16F3NO4/c1-23-9-14(13(21)22)7-4-8-19(14)12(20)10-5-2-3-6-11(10)15(16,17)18/h2-3,5-6H,4,7-9H2,1H3,(H,21,22). The average molecular weight is 331 g/mol. The molecule has 0 aliphatic carbocycles. The van der Waals surface area contributed by atoms with E-state index in [1.165, 1.54) is 19.2 Å². The molecule has 0 radical (unpaired) electrons. The number of likely N-dealkylation sites (tertiary alicyclic amines) is 1. The number of benzene rings is 1. The van der Waals surface area contributed by atoms with Crippen molar-refractivity contribution in [3.05, 3.63) is 35.4 Å². The van der Waals surface area contributed by atoms with Gasteiger partial charge in [-0.2, -0.15) is 13.2 Å². The summed E-state index contributed by atoms with van der Waals surface area (Å²) in [5.41, 5.74) is -3.26. The van der Waals surface area contributed by atoms with Crippen molar-refractivity contribution in [2.75, 3.05) is 20.3 Å². The SMILES string of the molecule is COCC1(C(=O)O)CCCN1C(=O)c1ccccc1C(F)(F)F. The molecule has 0 bridgehead atoms. The molecule has 1 amide bonds. The van der Waals surface area contributed by atoms with Gasteiger partial charge < -0.3 is 14.7 Å². The van der Waals surface area contributed by atoms with E-state index in [0.717, 1.165) is 17.0 Å². The highest BCUT2D eigenvalue weighted by molar-refractivity contribution is 5.99. The highest BCUT2D eigenvalue weighted by Gasteiger charge is 2.51. The van der Waals surface area contributed by atoms with Gasteiger partial charge in [0.05, 0.1) is 17.7 Å². The smallest absolute Gasteiger partial charge is 0.417 e. The van der Waals surface area contributed by atoms with Crippen LogP contribution in [0.15, 0.2) is 24.3 Å². The number of carboxylic acid groups (broad SMARTS) is 1. The molecule has 1 aliphatic rings. The molecule has 1 unspecified atom stereocenters. The molecule has 1 heterocycles. The summed E-state index contributed by atoms with van der Waals surface area (Å²) in [7, 11) is 1.29. The molecule has 2 rings (SSSR count). The number of carbonyl (C=O) groups is 2. The van der Waals surface area contributed by atoms with Gasteiger partial charge in [0.25, 0.3) is 5.91 Å². The highest BCUT2D eigenvalue weighted by Crippen LogP contribution is 2.36. The number of methoxy groups -OCH3 is 1. The first-order chi connectivity index (χ1) is 10.7. The van der Waals surface area contributed by atoms with Crippen LogP contribution in [0.1, 0.15) is 28.8 Å². The van der Waals surface area contributed by atoms with Crippen LogP contribution in [0.4, 0.5) is 13.2 Å². The third-order valence-electron chi connectivity index (χ3n) is 3.98. The van der Waals surface area contributed by atoms with Crippen molar-refractivity contribution in [2.45, 2.75) is 24.6 Å². The Labute approximate surface area is 130 Å². The fraction of sp³-hybridized carbons (Fsp3) is 0.467. The Balaban J connectivity index is 2.46. The number of hydrogen-bond acceptors (Lipinski definition) is 3. The summed E-state index contributed by atoms with van der Waals surface area (Å²) >= 11 is 0. The summed E-state index contributed by atoms with van der Waals surface area (Å²) in [6.45, 7) is -0.205. The fourth-order valence-corrected chi connectivity index (χ4v) is 2.91. The maximum absolute atomic E-state index is 13.1. The Kier molecular flexibility index (Phi) is 4.65. The molecule has 1 N–H and O–H groups in total. The molecule has 8 heteroatoms. The molecule has 0 spiro atoms. The van der Waals surface area contributed by atoms with Crippen LogP contribution >= 0.6 is 0 Å². The highest BCUT2D eigenvalue weighted by atomic mass is 19.4. The van der Waals surface area contributed by atoms with Gasteiger partial charge in [0.2, 0.25) is 0 Å². The lowest BCUT2D eigenvalue weighted by molar-refractivity contribution is -0.151. The second-order valence-electron chi connectivity index (χ2n) is 5.37. The van der Waals surface area contributed by atoms with Crippen LogP contribution in [0.25, 0.3) is 0 Å². The molecular formula is C15H16F3NO4. The van der Waals surface area contributed by atoms with Crippen LogP contribution < -0.4 is 0 Å². The summed E-state index contributed by atoms with van der Waals surface area (Å²) in [4.78, 5) is 25.2. The van der Waals surface area contributed by atoms with Gasteiger partial charge in [-0.25, -0.2) is 4.79 Å². The number of hydrogen-bond donors (Lipinski definition) is 1. The predicted octanol–water partition coefficient (Wildman–Crippen LogP) is 2.41. The number of alkyl halides is 3. The van der Waals surface area contributed by atoms with Crippen LogP contribution in [-0.4, -0.2) is 47.7 Å². The van der Waals surface area contributed by atoms with Crippen LogP contribution in [0.5, 0.6) is 0 Å². The van der Waals surface area contributed by atoms with Crippen LogP contribution in [-0.2, 0) is 15.7 Å². The van der Waals surface area contributed by atoms with Gasteiger partial charge in [-0.15, -0.1) is 0 Å². The van der Waals surface area contributed by atoms with E-state index in [4.69, 9.17) is 4.74 Å². The lowest BCUT2D eigenvalue weighted by Gasteiger charge is -2.34. The second-order valence-corrected chi connectivity index (χ2v) is 5.37. The lowest BCUT2D eigenvalue weighted by Crippen LogP contribution is -2.56. The molecule has 1 aromatic carbocycles. The van der Waals surface area contributed by atoms with E-state index in [9.17, 15) is 27.9 Å². The minimum absolute atomic E-state index is 0.0701. The van der Waals surface area contributed by atoms with Gasteiger partial charge in [-0.05, 0) is 25.0 Å². The molecule has 1 saturated heterocycles. The van der Waals surface area contributed by atoms with Gasteiger partial charge in [0, 0.05) is 13.7 Å². The summed E-state index contributed by atoms with van der Waals surface area (Å²) in [6.07, 6.45) is -4.18. The van der Waals surface area contributed by atoms with Gasteiger partial charge in [0.15, 0.2) is 5.54 Å². The van der Waals surface area contributed by atoms with Crippen molar-refractivity contribution < 1.29 is 32.6 Å². The summed E-state index contributed by atoms with van der Waals surface area (Å²) in [6, 6.07) is 4.37. The zero-order valence-corrected chi connectivity index (χ0v) is 12.4. The van der Waals surface area contributed by atoms with Gasteiger partial charge in [-0.3, -0.25) is 4.79 Å². The average Bonchev–Trinajstić information content (AvgIpc) is 2.91. The Morgan fingerprint density at radius 2 is 2.00 bits per heavy atom. The first kappa shape index (κ1) is 17.3. The predicted molar refractivity (Wildman–Crippen MR) is 74.0 cm³/mol. The van der Waals surface area contributed by atoms with E-state index in [2.05, 4.69) is 0 Å². The van der Waals surface area contributed by atoms with Crippen molar-refractivity contribution >= 4 is 11.9 Å². The van der Waals surface area contributed by atoms with E-state index in [1.54, 1.807) is 0 Å². The molecule has 1 aromatic rings. The fourth-order valence-electron chi connectivity index (χ4n) is 2.91. The Bertz CT molecular complexity index is 617. The summed E-state index contributed by atoms with van der Waals surface area (Å²) in [5.74, 6) is -2.23. The summed E-state index contributed by atoms with van der Waals surface area (Å²) < 4.78 is 44.2. The maximum atomic E-state index is 13.1.